The van der Waals surface area contributed by atoms with Gasteiger partial charge in [0.2, 0.25) is 15.9 Å². The molecule has 0 aromatic heterocycles. The van der Waals surface area contributed by atoms with Crippen molar-refractivity contribution >= 4 is 21.9 Å². The number of hydrogen-bond acceptors (Lipinski definition) is 5. The maximum Gasteiger partial charge on any atom is 0.490 e. The molecule has 0 bridgehead atoms. The lowest BCUT2D eigenvalue weighted by Gasteiger charge is -2.30. The summed E-state index contributed by atoms with van der Waals surface area (Å²) in [5.74, 6) is -3.38. The van der Waals surface area contributed by atoms with Crippen LogP contribution in [0.4, 0.5) is 17.6 Å². The van der Waals surface area contributed by atoms with Crippen molar-refractivity contribution < 1.29 is 40.7 Å². The largest absolute Gasteiger partial charge is 0.490 e. The van der Waals surface area contributed by atoms with Crippen LogP contribution < -0.4 is 5.32 Å². The number of piperazine rings is 1. The van der Waals surface area contributed by atoms with Gasteiger partial charge in [-0.1, -0.05) is 18.2 Å². The Balaban J connectivity index is 0.000000604. The normalized spacial score (nSPS) is 14.2. The van der Waals surface area contributed by atoms with Crippen molar-refractivity contribution in [1.82, 2.24) is 14.5 Å². The summed E-state index contributed by atoms with van der Waals surface area (Å²) in [6.07, 6.45) is -5.08. The summed E-state index contributed by atoms with van der Waals surface area (Å²) in [5, 5.41) is 10.3. The average molecular weight is 548 g/mol. The third kappa shape index (κ3) is 8.51. The summed E-state index contributed by atoms with van der Waals surface area (Å²) in [7, 11) is -3.94. The van der Waals surface area contributed by atoms with Gasteiger partial charge in [-0.05, 0) is 61.2 Å². The van der Waals surface area contributed by atoms with E-state index in [1.165, 1.54) is 16.4 Å². The number of hydrogen-bond donors (Lipinski definition) is 2. The van der Waals surface area contributed by atoms with Crippen LogP contribution >= 0.6 is 0 Å². The van der Waals surface area contributed by atoms with Gasteiger partial charge in [-0.15, -0.1) is 0 Å². The van der Waals surface area contributed by atoms with Crippen LogP contribution in [-0.2, 0) is 26.2 Å². The number of halogens is 4. The first-order valence-corrected chi connectivity index (χ1v) is 12.7. The van der Waals surface area contributed by atoms with Crippen molar-refractivity contribution in [3.63, 3.8) is 0 Å². The van der Waals surface area contributed by atoms with E-state index in [0.717, 1.165) is 11.1 Å². The molecule has 1 amide bonds. The van der Waals surface area contributed by atoms with Gasteiger partial charge in [0, 0.05) is 32.7 Å². The molecule has 3 rings (SSSR count). The second kappa shape index (κ2) is 12.5. The van der Waals surface area contributed by atoms with Gasteiger partial charge in [0.1, 0.15) is 5.82 Å². The first-order valence-electron chi connectivity index (χ1n) is 11.2. The molecule has 0 aliphatic carbocycles. The van der Waals surface area contributed by atoms with Gasteiger partial charge in [0.05, 0.1) is 11.4 Å². The van der Waals surface area contributed by atoms with Gasteiger partial charge in [0.25, 0.3) is 0 Å². The quantitative estimate of drug-likeness (QED) is 0.539. The minimum Gasteiger partial charge on any atom is -0.475 e. The van der Waals surface area contributed by atoms with E-state index in [4.69, 9.17) is 9.90 Å². The number of amides is 1. The Hall–Kier alpha value is -3.03. The van der Waals surface area contributed by atoms with Crippen LogP contribution in [0, 0.1) is 26.6 Å². The third-order valence-corrected chi connectivity index (χ3v) is 7.64. The summed E-state index contributed by atoms with van der Waals surface area (Å²) in [4.78, 5) is 23.6. The van der Waals surface area contributed by atoms with Gasteiger partial charge < -0.3 is 15.3 Å². The van der Waals surface area contributed by atoms with E-state index < -0.39 is 28.0 Å². The van der Waals surface area contributed by atoms with Crippen LogP contribution in [0.25, 0.3) is 0 Å². The molecule has 1 heterocycles. The minimum absolute atomic E-state index is 0.00714. The number of nitrogens with zero attached hydrogens (tertiary/aromatic N) is 2. The van der Waals surface area contributed by atoms with Crippen LogP contribution in [-0.4, -0.2) is 73.5 Å². The molecule has 0 atom stereocenters. The number of rotatable bonds is 6. The van der Waals surface area contributed by atoms with Gasteiger partial charge in [-0.25, -0.2) is 17.6 Å². The molecule has 0 unspecified atom stereocenters. The van der Waals surface area contributed by atoms with E-state index in [0.29, 0.717) is 37.3 Å². The Bertz CT molecular complexity index is 1210. The molecular formula is C24H29F4N3O5S. The van der Waals surface area contributed by atoms with Crippen molar-refractivity contribution in [2.75, 3.05) is 32.7 Å². The second-order valence-corrected chi connectivity index (χ2v) is 10.4. The molecule has 0 radical (unpaired) electrons. The van der Waals surface area contributed by atoms with Gasteiger partial charge in [-0.3, -0.25) is 4.79 Å². The fourth-order valence-corrected chi connectivity index (χ4v) is 5.20. The SMILES string of the molecule is Cc1cc(C)c(S(=O)(=O)N(CC(=O)N2CCNCC2)Cc2ccc(F)cc2)cc1C.O=C(O)C(F)(F)F. The standard InChI is InChI=1S/C22H28FN3O3S.C2HF3O2/c1-16-12-18(3)21(13-17(16)2)30(28,29)26(14-19-4-6-20(23)7-5-19)15-22(27)25-10-8-24-9-11-25;3-2(4,5)1(6)7/h4-7,12-13,24H,8-11,14-15H2,1-3H3;(H,6,7). The molecule has 37 heavy (non-hydrogen) atoms. The number of carbonyl (C=O) groups is 2. The van der Waals surface area contributed by atoms with Crippen molar-refractivity contribution in [2.45, 2.75) is 38.4 Å². The lowest BCUT2D eigenvalue weighted by atomic mass is 10.1. The predicted molar refractivity (Wildman–Crippen MR) is 128 cm³/mol. The topological polar surface area (TPSA) is 107 Å². The highest BCUT2D eigenvalue weighted by atomic mass is 32.2. The molecule has 1 fully saturated rings. The molecule has 1 saturated heterocycles. The molecule has 2 aromatic rings. The van der Waals surface area contributed by atoms with Crippen molar-refractivity contribution in [1.29, 1.82) is 0 Å². The van der Waals surface area contributed by atoms with E-state index >= 15 is 0 Å². The van der Waals surface area contributed by atoms with Crippen LogP contribution in [0.15, 0.2) is 41.3 Å². The van der Waals surface area contributed by atoms with Gasteiger partial charge in [-0.2, -0.15) is 17.5 Å². The predicted octanol–water partition coefficient (Wildman–Crippen LogP) is 3.01. The summed E-state index contributed by atoms with van der Waals surface area (Å²) in [6, 6.07) is 9.17. The fraction of sp³-hybridized carbons (Fsp3) is 0.417. The zero-order chi connectivity index (χ0) is 28.0. The Morgan fingerprint density at radius 3 is 2.03 bits per heavy atom. The Labute approximate surface area is 212 Å². The lowest BCUT2D eigenvalue weighted by Crippen LogP contribution is -2.50. The first kappa shape index (κ1) is 30.2. The zero-order valence-electron chi connectivity index (χ0n) is 20.6. The lowest BCUT2D eigenvalue weighted by molar-refractivity contribution is -0.192. The monoisotopic (exact) mass is 547 g/mol. The number of aryl methyl sites for hydroxylation is 3. The molecular weight excluding hydrogens is 518 g/mol. The molecule has 1 aliphatic rings. The first-order chi connectivity index (χ1) is 17.1. The maximum atomic E-state index is 13.6. The number of benzene rings is 2. The molecule has 204 valence electrons. The maximum absolute atomic E-state index is 13.6. The zero-order valence-corrected chi connectivity index (χ0v) is 21.4. The summed E-state index contributed by atoms with van der Waals surface area (Å²) >= 11 is 0. The number of alkyl halides is 3. The number of sulfonamides is 1. The van der Waals surface area contributed by atoms with Crippen molar-refractivity contribution in [2.24, 2.45) is 0 Å². The fourth-order valence-electron chi connectivity index (χ4n) is 3.54. The molecule has 0 saturated carbocycles. The van der Waals surface area contributed by atoms with Crippen molar-refractivity contribution in [3.8, 4) is 0 Å². The Kier molecular flexibility index (Phi) is 10.2. The highest BCUT2D eigenvalue weighted by Gasteiger charge is 2.38. The van der Waals surface area contributed by atoms with E-state index in [-0.39, 0.29) is 23.9 Å². The highest BCUT2D eigenvalue weighted by molar-refractivity contribution is 7.89. The van der Waals surface area contributed by atoms with E-state index in [2.05, 4.69) is 5.32 Å². The number of carbonyl (C=O) groups excluding carboxylic acids is 1. The second-order valence-electron chi connectivity index (χ2n) is 8.54. The molecule has 0 spiro atoms. The molecule has 8 nitrogen and oxygen atoms in total. The average Bonchev–Trinajstić information content (AvgIpc) is 2.82. The molecule has 1 aliphatic heterocycles. The molecule has 2 aromatic carbocycles. The Morgan fingerprint density at radius 2 is 1.51 bits per heavy atom. The summed E-state index contributed by atoms with van der Waals surface area (Å²) in [6.45, 7) is 7.76. The summed E-state index contributed by atoms with van der Waals surface area (Å²) < 4.78 is 73.4. The minimum atomic E-state index is -5.08. The van der Waals surface area contributed by atoms with E-state index in [1.54, 1.807) is 30.0 Å². The van der Waals surface area contributed by atoms with Gasteiger partial charge in [0.15, 0.2) is 0 Å². The van der Waals surface area contributed by atoms with Crippen LogP contribution in [0.5, 0.6) is 0 Å². The number of aliphatic carboxylic acids is 1. The van der Waals surface area contributed by atoms with Crippen molar-refractivity contribution in [3.05, 3.63) is 64.5 Å². The van der Waals surface area contributed by atoms with Gasteiger partial charge >= 0.3 is 12.1 Å². The number of carboxylic acids is 1. The number of nitrogens with one attached hydrogen (secondary N) is 1. The Morgan fingerprint density at radius 1 is 1.00 bits per heavy atom. The van der Waals surface area contributed by atoms with E-state index in [9.17, 15) is 30.8 Å². The summed E-state index contributed by atoms with van der Waals surface area (Å²) in [5.41, 5.74) is 3.13. The highest BCUT2D eigenvalue weighted by Crippen LogP contribution is 2.25. The number of carboxylic acid groups (broad SMARTS) is 1. The van der Waals surface area contributed by atoms with E-state index in [1.807, 2.05) is 19.9 Å². The third-order valence-electron chi connectivity index (χ3n) is 5.71. The van der Waals surface area contributed by atoms with Crippen LogP contribution in [0.3, 0.4) is 0 Å². The van der Waals surface area contributed by atoms with Crippen LogP contribution in [0.1, 0.15) is 22.3 Å². The smallest absolute Gasteiger partial charge is 0.475 e. The van der Waals surface area contributed by atoms with Crippen LogP contribution in [0.2, 0.25) is 0 Å². The molecule has 13 heteroatoms. The molecule has 2 N–H and O–H groups in total.